The molecule has 2 heterocycles. The van der Waals surface area contributed by atoms with Crippen LogP contribution in [0.2, 0.25) is 5.02 Å². The summed E-state index contributed by atoms with van der Waals surface area (Å²) in [6, 6.07) is 29.2. The van der Waals surface area contributed by atoms with Gasteiger partial charge in [0, 0.05) is 43.4 Å². The van der Waals surface area contributed by atoms with Crippen LogP contribution in [0.4, 0.5) is 5.69 Å². The van der Waals surface area contributed by atoms with Gasteiger partial charge in [-0.2, -0.15) is 0 Å². The standard InChI is InChI=1S/C28H31ClN6/c29-25-13-15-26(16-14-25)34-21-19-33(20-22-34)17-7-8-18-35-28(30-31-32-35)27(23-9-3-1-4-10-23)24-11-5-2-6-12-24/h1-6,9-16,27H,7-8,17-22H2. The fourth-order valence-electron chi connectivity index (χ4n) is 4.84. The molecule has 0 spiro atoms. The summed E-state index contributed by atoms with van der Waals surface area (Å²) in [4.78, 5) is 5.00. The number of anilines is 1. The van der Waals surface area contributed by atoms with E-state index in [0.29, 0.717) is 0 Å². The van der Waals surface area contributed by atoms with Crippen LogP contribution in [0, 0.1) is 0 Å². The van der Waals surface area contributed by atoms with Crippen LogP contribution in [0.25, 0.3) is 0 Å². The second-order valence-electron chi connectivity index (χ2n) is 9.03. The van der Waals surface area contributed by atoms with E-state index in [1.165, 1.54) is 16.8 Å². The van der Waals surface area contributed by atoms with E-state index >= 15 is 0 Å². The van der Waals surface area contributed by atoms with E-state index in [1.807, 2.05) is 28.9 Å². The van der Waals surface area contributed by atoms with Gasteiger partial charge >= 0.3 is 0 Å². The maximum atomic E-state index is 6.03. The Hall–Kier alpha value is -3.22. The number of rotatable bonds is 9. The number of benzene rings is 3. The molecule has 1 aliphatic heterocycles. The van der Waals surface area contributed by atoms with Crippen LogP contribution in [-0.2, 0) is 6.54 Å². The molecule has 180 valence electrons. The largest absolute Gasteiger partial charge is 0.369 e. The SMILES string of the molecule is Clc1ccc(N2CCN(CCCCn3nnnc3C(c3ccccc3)c3ccccc3)CC2)cc1. The number of piperazine rings is 1. The molecule has 35 heavy (non-hydrogen) atoms. The summed E-state index contributed by atoms with van der Waals surface area (Å²) in [5.74, 6) is 0.923. The highest BCUT2D eigenvalue weighted by Crippen LogP contribution is 2.30. The molecule has 0 amide bonds. The molecule has 0 aliphatic carbocycles. The minimum Gasteiger partial charge on any atom is -0.369 e. The highest BCUT2D eigenvalue weighted by molar-refractivity contribution is 6.30. The Morgan fingerprint density at radius 1 is 0.714 bits per heavy atom. The summed E-state index contributed by atoms with van der Waals surface area (Å²) in [6.07, 6.45) is 2.17. The van der Waals surface area contributed by atoms with Crippen molar-refractivity contribution in [1.82, 2.24) is 25.1 Å². The normalized spacial score (nSPS) is 14.5. The van der Waals surface area contributed by atoms with Crippen LogP contribution in [0.3, 0.4) is 0 Å². The van der Waals surface area contributed by atoms with Gasteiger partial charge in [0.2, 0.25) is 0 Å². The highest BCUT2D eigenvalue weighted by atomic mass is 35.5. The molecule has 5 rings (SSSR count). The number of nitrogens with zero attached hydrogens (tertiary/aromatic N) is 6. The van der Waals surface area contributed by atoms with Crippen LogP contribution in [0.1, 0.15) is 35.7 Å². The van der Waals surface area contributed by atoms with E-state index in [4.69, 9.17) is 11.6 Å². The predicted octanol–water partition coefficient (Wildman–Crippen LogP) is 5.11. The summed E-state index contributed by atoms with van der Waals surface area (Å²) in [6.45, 7) is 6.20. The minimum absolute atomic E-state index is 0.0216. The molecule has 0 unspecified atom stereocenters. The molecule has 7 heteroatoms. The van der Waals surface area contributed by atoms with Crippen molar-refractivity contribution in [2.75, 3.05) is 37.6 Å². The Morgan fingerprint density at radius 3 is 1.94 bits per heavy atom. The van der Waals surface area contributed by atoms with Crippen molar-refractivity contribution in [3.05, 3.63) is 107 Å². The first-order valence-electron chi connectivity index (χ1n) is 12.4. The molecule has 3 aromatic carbocycles. The van der Waals surface area contributed by atoms with Crippen LogP contribution in [0.15, 0.2) is 84.9 Å². The Labute approximate surface area is 212 Å². The van der Waals surface area contributed by atoms with Gasteiger partial charge in [-0.15, -0.1) is 5.10 Å². The number of aromatic nitrogens is 4. The molecule has 1 aromatic heterocycles. The molecule has 6 nitrogen and oxygen atoms in total. The quantitative estimate of drug-likeness (QED) is 0.308. The number of unbranched alkanes of at least 4 members (excludes halogenated alkanes) is 1. The monoisotopic (exact) mass is 486 g/mol. The van der Waals surface area contributed by atoms with Crippen molar-refractivity contribution >= 4 is 17.3 Å². The van der Waals surface area contributed by atoms with Crippen molar-refractivity contribution in [3.8, 4) is 0 Å². The average Bonchev–Trinajstić information content (AvgIpc) is 3.37. The molecule has 0 N–H and O–H groups in total. The van der Waals surface area contributed by atoms with Gasteiger partial charge in [-0.05, 0) is 65.2 Å². The predicted molar refractivity (Wildman–Crippen MR) is 141 cm³/mol. The van der Waals surface area contributed by atoms with Crippen LogP contribution >= 0.6 is 11.6 Å². The lowest BCUT2D eigenvalue weighted by atomic mass is 9.90. The average molecular weight is 487 g/mol. The van der Waals surface area contributed by atoms with Gasteiger partial charge in [-0.3, -0.25) is 4.90 Å². The maximum absolute atomic E-state index is 6.03. The summed E-state index contributed by atoms with van der Waals surface area (Å²) in [7, 11) is 0. The third-order valence-corrected chi connectivity index (χ3v) is 6.99. The minimum atomic E-state index is 0.0216. The van der Waals surface area contributed by atoms with Crippen molar-refractivity contribution in [2.45, 2.75) is 25.3 Å². The first kappa shape index (κ1) is 23.5. The Balaban J connectivity index is 1.16. The molecule has 1 fully saturated rings. The van der Waals surface area contributed by atoms with E-state index in [9.17, 15) is 0 Å². The Morgan fingerprint density at radius 2 is 1.31 bits per heavy atom. The lowest BCUT2D eigenvalue weighted by Crippen LogP contribution is -2.46. The molecule has 4 aromatic rings. The van der Waals surface area contributed by atoms with E-state index < -0.39 is 0 Å². The zero-order valence-electron chi connectivity index (χ0n) is 19.9. The Kier molecular flexibility index (Phi) is 7.71. The maximum Gasteiger partial charge on any atom is 0.163 e. The molecule has 0 radical (unpaired) electrons. The number of halogens is 1. The summed E-state index contributed by atoms with van der Waals surface area (Å²) < 4.78 is 1.99. The van der Waals surface area contributed by atoms with Crippen LogP contribution < -0.4 is 4.90 Å². The molecule has 0 saturated carbocycles. The Bertz CT molecular complexity index is 1130. The van der Waals surface area contributed by atoms with Gasteiger partial charge in [-0.1, -0.05) is 72.3 Å². The lowest BCUT2D eigenvalue weighted by molar-refractivity contribution is 0.250. The number of tetrazole rings is 1. The number of aryl methyl sites for hydroxylation is 1. The third-order valence-electron chi connectivity index (χ3n) is 6.74. The molecular formula is C28H31ClN6. The first-order chi connectivity index (χ1) is 17.3. The zero-order valence-corrected chi connectivity index (χ0v) is 20.6. The van der Waals surface area contributed by atoms with Crippen molar-refractivity contribution in [3.63, 3.8) is 0 Å². The number of hydrogen-bond acceptors (Lipinski definition) is 5. The summed E-state index contributed by atoms with van der Waals surface area (Å²) in [5, 5.41) is 13.6. The second kappa shape index (κ2) is 11.5. The van der Waals surface area contributed by atoms with Gasteiger partial charge < -0.3 is 4.90 Å². The fraction of sp³-hybridized carbons (Fsp3) is 0.321. The molecule has 0 bridgehead atoms. The van der Waals surface area contributed by atoms with Gasteiger partial charge in [0.25, 0.3) is 0 Å². The topological polar surface area (TPSA) is 50.1 Å². The smallest absolute Gasteiger partial charge is 0.163 e. The summed E-state index contributed by atoms with van der Waals surface area (Å²) in [5.41, 5.74) is 3.66. The van der Waals surface area contributed by atoms with E-state index in [-0.39, 0.29) is 5.92 Å². The van der Waals surface area contributed by atoms with E-state index in [2.05, 4.69) is 86.0 Å². The van der Waals surface area contributed by atoms with E-state index in [0.717, 1.165) is 63.0 Å². The van der Waals surface area contributed by atoms with Gasteiger partial charge in [-0.25, -0.2) is 4.68 Å². The molecule has 1 saturated heterocycles. The lowest BCUT2D eigenvalue weighted by Gasteiger charge is -2.36. The fourth-order valence-corrected chi connectivity index (χ4v) is 4.96. The highest BCUT2D eigenvalue weighted by Gasteiger charge is 2.23. The molecule has 1 aliphatic rings. The van der Waals surface area contributed by atoms with Crippen molar-refractivity contribution in [2.24, 2.45) is 0 Å². The summed E-state index contributed by atoms with van der Waals surface area (Å²) >= 11 is 6.03. The van der Waals surface area contributed by atoms with Gasteiger partial charge in [0.1, 0.15) is 0 Å². The van der Waals surface area contributed by atoms with Crippen LogP contribution in [-0.4, -0.2) is 57.8 Å². The molecule has 0 atom stereocenters. The zero-order chi connectivity index (χ0) is 23.9. The van der Waals surface area contributed by atoms with E-state index in [1.54, 1.807) is 0 Å². The first-order valence-corrected chi connectivity index (χ1v) is 12.7. The van der Waals surface area contributed by atoms with Gasteiger partial charge in [0.05, 0.1) is 5.92 Å². The molecular weight excluding hydrogens is 456 g/mol. The van der Waals surface area contributed by atoms with Gasteiger partial charge in [0.15, 0.2) is 5.82 Å². The number of hydrogen-bond donors (Lipinski definition) is 0. The second-order valence-corrected chi connectivity index (χ2v) is 9.46. The van der Waals surface area contributed by atoms with Crippen LogP contribution in [0.5, 0.6) is 0 Å². The third kappa shape index (κ3) is 5.89. The van der Waals surface area contributed by atoms with Crippen molar-refractivity contribution in [1.29, 1.82) is 0 Å². The van der Waals surface area contributed by atoms with Crippen molar-refractivity contribution < 1.29 is 0 Å².